The summed E-state index contributed by atoms with van der Waals surface area (Å²) in [6, 6.07) is 1.37. The van der Waals surface area contributed by atoms with Crippen LogP contribution in [0.25, 0.3) is 0 Å². The molecule has 2 N–H and O–H groups in total. The van der Waals surface area contributed by atoms with Crippen LogP contribution in [0.2, 0.25) is 0 Å². The Morgan fingerprint density at radius 2 is 1.50 bits per heavy atom. The van der Waals surface area contributed by atoms with E-state index in [0.29, 0.717) is 6.07 Å². The first-order chi connectivity index (χ1) is 7.03. The van der Waals surface area contributed by atoms with Crippen LogP contribution in [0.5, 0.6) is 11.5 Å². The van der Waals surface area contributed by atoms with E-state index in [1.165, 1.54) is 0 Å². The highest BCUT2D eigenvalue weighted by Crippen LogP contribution is 2.42. The Bertz CT molecular complexity index is 403. The number of aromatic hydroxyl groups is 2. The summed E-state index contributed by atoms with van der Waals surface area (Å²) in [7, 11) is 0. The highest BCUT2D eigenvalue weighted by atomic mass is 19.4. The van der Waals surface area contributed by atoms with Gasteiger partial charge in [0.1, 0.15) is 0 Å². The van der Waals surface area contributed by atoms with Crippen molar-refractivity contribution in [1.82, 2.24) is 0 Å². The van der Waals surface area contributed by atoms with Crippen LogP contribution in [0.3, 0.4) is 0 Å². The van der Waals surface area contributed by atoms with Crippen molar-refractivity contribution in [2.24, 2.45) is 0 Å². The number of phenolic OH excluding ortho intramolecular Hbond substituents is 2. The van der Waals surface area contributed by atoms with Crippen molar-refractivity contribution in [2.75, 3.05) is 0 Å². The molecule has 0 saturated heterocycles. The molecule has 0 bridgehead atoms. The second kappa shape index (κ2) is 3.57. The predicted octanol–water partition coefficient (Wildman–Crippen LogP) is 3.41. The molecular formula is C11H13F3O2. The largest absolute Gasteiger partial charge is 0.504 e. The maximum absolute atomic E-state index is 12.5. The van der Waals surface area contributed by atoms with Crippen LogP contribution in [0.4, 0.5) is 13.2 Å². The molecule has 2 nitrogen and oxygen atoms in total. The molecule has 0 saturated carbocycles. The number of rotatable bonds is 0. The third-order valence-corrected chi connectivity index (χ3v) is 2.23. The summed E-state index contributed by atoms with van der Waals surface area (Å²) in [6.45, 7) is 4.96. The Balaban J connectivity index is 3.46. The molecule has 0 aliphatic rings. The minimum atomic E-state index is -4.54. The Morgan fingerprint density at radius 3 is 1.88 bits per heavy atom. The molecule has 5 heteroatoms. The lowest BCUT2D eigenvalue weighted by atomic mass is 9.85. The minimum absolute atomic E-state index is 0.0693. The first kappa shape index (κ1) is 12.7. The lowest BCUT2D eigenvalue weighted by Gasteiger charge is -2.22. The summed E-state index contributed by atoms with van der Waals surface area (Å²) in [5.41, 5.74) is -1.57. The standard InChI is InChI=1S/C11H13F3O2/c1-10(2,3)7-4-6(11(12,13)14)5-8(15)9(7)16/h4-5,15-16H,1-3H3. The van der Waals surface area contributed by atoms with E-state index in [-0.39, 0.29) is 5.56 Å². The molecule has 90 valence electrons. The zero-order valence-corrected chi connectivity index (χ0v) is 9.18. The smallest absolute Gasteiger partial charge is 0.416 e. The lowest BCUT2D eigenvalue weighted by molar-refractivity contribution is -0.137. The minimum Gasteiger partial charge on any atom is -0.504 e. The fraction of sp³-hybridized carbons (Fsp3) is 0.455. The number of halogens is 3. The van der Waals surface area contributed by atoms with Gasteiger partial charge < -0.3 is 10.2 Å². The average Bonchev–Trinajstić information content (AvgIpc) is 2.05. The number of hydrogen-bond acceptors (Lipinski definition) is 2. The highest BCUT2D eigenvalue weighted by molar-refractivity contribution is 5.51. The van der Waals surface area contributed by atoms with Gasteiger partial charge in [-0.1, -0.05) is 20.8 Å². The average molecular weight is 234 g/mol. The first-order valence-electron chi connectivity index (χ1n) is 4.67. The van der Waals surface area contributed by atoms with E-state index in [2.05, 4.69) is 0 Å². The summed E-state index contributed by atoms with van der Waals surface area (Å²) < 4.78 is 37.4. The molecule has 0 aliphatic heterocycles. The fourth-order valence-corrected chi connectivity index (χ4v) is 1.35. The van der Waals surface area contributed by atoms with Gasteiger partial charge in [0.15, 0.2) is 11.5 Å². The van der Waals surface area contributed by atoms with Gasteiger partial charge in [0.25, 0.3) is 0 Å². The quantitative estimate of drug-likeness (QED) is 0.675. The van der Waals surface area contributed by atoms with Crippen LogP contribution in [-0.2, 0) is 11.6 Å². The first-order valence-corrected chi connectivity index (χ1v) is 4.67. The molecule has 0 unspecified atom stereocenters. The molecule has 0 atom stereocenters. The molecule has 0 aliphatic carbocycles. The second-order valence-corrected chi connectivity index (χ2v) is 4.64. The summed E-state index contributed by atoms with van der Waals surface area (Å²) in [4.78, 5) is 0. The number of alkyl halides is 3. The van der Waals surface area contributed by atoms with E-state index >= 15 is 0 Å². The third-order valence-electron chi connectivity index (χ3n) is 2.23. The molecule has 0 heterocycles. The summed E-state index contributed by atoms with van der Waals surface area (Å²) in [6.07, 6.45) is -4.54. The Labute approximate surface area is 91.3 Å². The normalized spacial score (nSPS) is 12.9. The lowest BCUT2D eigenvalue weighted by Crippen LogP contribution is -2.14. The Hall–Kier alpha value is -1.39. The van der Waals surface area contributed by atoms with Crippen LogP contribution in [0.1, 0.15) is 31.9 Å². The van der Waals surface area contributed by atoms with Crippen molar-refractivity contribution in [1.29, 1.82) is 0 Å². The number of phenols is 2. The maximum Gasteiger partial charge on any atom is 0.416 e. The maximum atomic E-state index is 12.5. The van der Waals surface area contributed by atoms with Crippen molar-refractivity contribution in [3.8, 4) is 11.5 Å². The summed E-state index contributed by atoms with van der Waals surface area (Å²) >= 11 is 0. The van der Waals surface area contributed by atoms with Gasteiger partial charge in [-0.05, 0) is 17.5 Å². The predicted molar refractivity (Wildman–Crippen MR) is 53.5 cm³/mol. The van der Waals surface area contributed by atoms with E-state index in [9.17, 15) is 23.4 Å². The van der Waals surface area contributed by atoms with Gasteiger partial charge in [-0.2, -0.15) is 13.2 Å². The summed E-state index contributed by atoms with van der Waals surface area (Å²) in [5, 5.41) is 18.8. The van der Waals surface area contributed by atoms with E-state index < -0.39 is 28.7 Å². The van der Waals surface area contributed by atoms with Crippen molar-refractivity contribution in [3.63, 3.8) is 0 Å². The van der Waals surface area contributed by atoms with E-state index in [4.69, 9.17) is 0 Å². The Morgan fingerprint density at radius 1 is 1.00 bits per heavy atom. The second-order valence-electron chi connectivity index (χ2n) is 4.64. The third kappa shape index (κ3) is 2.40. The Kier molecular flexibility index (Phi) is 2.83. The zero-order valence-electron chi connectivity index (χ0n) is 9.18. The monoisotopic (exact) mass is 234 g/mol. The zero-order chi connectivity index (χ0) is 12.7. The van der Waals surface area contributed by atoms with Gasteiger partial charge in [0.2, 0.25) is 0 Å². The van der Waals surface area contributed by atoms with Gasteiger partial charge in [-0.15, -0.1) is 0 Å². The van der Waals surface area contributed by atoms with E-state index in [1.54, 1.807) is 20.8 Å². The van der Waals surface area contributed by atoms with E-state index in [1.807, 2.05) is 0 Å². The molecule has 16 heavy (non-hydrogen) atoms. The highest BCUT2D eigenvalue weighted by Gasteiger charge is 2.34. The van der Waals surface area contributed by atoms with Crippen LogP contribution in [0, 0.1) is 0 Å². The number of hydrogen-bond donors (Lipinski definition) is 2. The van der Waals surface area contributed by atoms with Crippen LogP contribution < -0.4 is 0 Å². The topological polar surface area (TPSA) is 40.5 Å². The van der Waals surface area contributed by atoms with Crippen LogP contribution in [0.15, 0.2) is 12.1 Å². The molecule has 1 rings (SSSR count). The SMILES string of the molecule is CC(C)(C)c1cc(C(F)(F)F)cc(O)c1O. The molecule has 1 aromatic rings. The molecule has 0 aromatic heterocycles. The van der Waals surface area contributed by atoms with Crippen molar-refractivity contribution < 1.29 is 23.4 Å². The van der Waals surface area contributed by atoms with Crippen molar-refractivity contribution >= 4 is 0 Å². The van der Waals surface area contributed by atoms with Gasteiger partial charge >= 0.3 is 6.18 Å². The van der Waals surface area contributed by atoms with Crippen molar-refractivity contribution in [3.05, 3.63) is 23.3 Å². The molecule has 0 spiro atoms. The van der Waals surface area contributed by atoms with Crippen LogP contribution >= 0.6 is 0 Å². The molecule has 0 amide bonds. The van der Waals surface area contributed by atoms with Gasteiger partial charge in [-0.25, -0.2) is 0 Å². The molecular weight excluding hydrogens is 221 g/mol. The van der Waals surface area contributed by atoms with E-state index in [0.717, 1.165) is 6.07 Å². The molecule has 0 fully saturated rings. The van der Waals surface area contributed by atoms with Gasteiger partial charge in [0.05, 0.1) is 5.56 Å². The molecule has 1 aromatic carbocycles. The summed E-state index contributed by atoms with van der Waals surface area (Å²) in [5.74, 6) is -1.25. The molecule has 0 radical (unpaired) electrons. The van der Waals surface area contributed by atoms with Crippen LogP contribution in [-0.4, -0.2) is 10.2 Å². The van der Waals surface area contributed by atoms with Gasteiger partial charge in [-0.3, -0.25) is 0 Å². The number of benzene rings is 1. The fourth-order valence-electron chi connectivity index (χ4n) is 1.35. The van der Waals surface area contributed by atoms with Crippen molar-refractivity contribution in [2.45, 2.75) is 32.4 Å². The van der Waals surface area contributed by atoms with Gasteiger partial charge in [0, 0.05) is 5.56 Å².